The van der Waals surface area contributed by atoms with Crippen LogP contribution in [-0.4, -0.2) is 37.1 Å². The van der Waals surface area contributed by atoms with E-state index in [0.717, 1.165) is 12.0 Å². The van der Waals surface area contributed by atoms with Crippen LogP contribution >= 0.6 is 0 Å². The minimum Gasteiger partial charge on any atom is -0.314 e. The van der Waals surface area contributed by atoms with Gasteiger partial charge >= 0.3 is 0 Å². The quantitative estimate of drug-likeness (QED) is 0.808. The Bertz CT molecular complexity index is 243. The molecule has 1 unspecified atom stereocenters. The number of rotatable bonds is 5. The van der Waals surface area contributed by atoms with Gasteiger partial charge in [0.1, 0.15) is 0 Å². The van der Waals surface area contributed by atoms with Crippen LogP contribution in [-0.2, 0) is 0 Å². The molecule has 18 heavy (non-hydrogen) atoms. The summed E-state index contributed by atoms with van der Waals surface area (Å²) in [5, 5.41) is 3.55. The zero-order valence-corrected chi connectivity index (χ0v) is 12.7. The summed E-state index contributed by atoms with van der Waals surface area (Å²) >= 11 is 0. The predicted octanol–water partition coefficient (Wildman–Crippen LogP) is 3.28. The Kier molecular flexibility index (Phi) is 5.08. The third-order valence-electron chi connectivity index (χ3n) is 4.99. The van der Waals surface area contributed by atoms with E-state index in [2.05, 4.69) is 31.0 Å². The maximum Gasteiger partial charge on any atom is 0.0218 e. The van der Waals surface area contributed by atoms with E-state index in [1.807, 2.05) is 0 Å². The first-order valence-electron chi connectivity index (χ1n) is 8.10. The second-order valence-electron chi connectivity index (χ2n) is 7.04. The van der Waals surface area contributed by atoms with E-state index in [1.54, 1.807) is 0 Å². The number of nitrogens with zero attached hydrogens (tertiary/aromatic N) is 1. The van der Waals surface area contributed by atoms with Crippen LogP contribution in [0.15, 0.2) is 0 Å². The van der Waals surface area contributed by atoms with E-state index in [1.165, 1.54) is 64.7 Å². The fraction of sp³-hybridized carbons (Fsp3) is 1.00. The van der Waals surface area contributed by atoms with Gasteiger partial charge in [-0.25, -0.2) is 0 Å². The molecular formula is C16H32N2. The maximum atomic E-state index is 3.55. The van der Waals surface area contributed by atoms with Crippen LogP contribution in [0.2, 0.25) is 0 Å². The van der Waals surface area contributed by atoms with E-state index in [9.17, 15) is 0 Å². The van der Waals surface area contributed by atoms with Crippen molar-refractivity contribution in [3.63, 3.8) is 0 Å². The molecule has 1 heterocycles. The monoisotopic (exact) mass is 252 g/mol. The predicted molar refractivity (Wildman–Crippen MR) is 78.9 cm³/mol. The summed E-state index contributed by atoms with van der Waals surface area (Å²) in [5.41, 5.74) is 0.652. The standard InChI is InChI=1S/C16H32N2/c1-4-15-12-17-9-10-18(15)13-16(11-14(2)3)7-5-6-8-16/h14-15,17H,4-13H2,1-3H3. The molecule has 1 saturated heterocycles. The molecule has 2 rings (SSSR count). The molecule has 1 saturated carbocycles. The minimum atomic E-state index is 0.652. The van der Waals surface area contributed by atoms with Gasteiger partial charge in [0.05, 0.1) is 0 Å². The zero-order valence-electron chi connectivity index (χ0n) is 12.7. The largest absolute Gasteiger partial charge is 0.314 e. The molecule has 0 aromatic carbocycles. The average molecular weight is 252 g/mol. The molecular weight excluding hydrogens is 220 g/mol. The Morgan fingerprint density at radius 2 is 2.00 bits per heavy atom. The fourth-order valence-corrected chi connectivity index (χ4v) is 4.26. The van der Waals surface area contributed by atoms with Crippen LogP contribution in [0.1, 0.15) is 59.3 Å². The molecule has 1 N–H and O–H groups in total. The third kappa shape index (κ3) is 3.48. The molecule has 2 heteroatoms. The number of hydrogen-bond donors (Lipinski definition) is 1. The van der Waals surface area contributed by atoms with Gasteiger partial charge in [-0.05, 0) is 37.0 Å². The highest BCUT2D eigenvalue weighted by molar-refractivity contribution is 4.91. The molecule has 0 radical (unpaired) electrons. The van der Waals surface area contributed by atoms with Gasteiger partial charge in [0.2, 0.25) is 0 Å². The molecule has 106 valence electrons. The Morgan fingerprint density at radius 3 is 2.61 bits per heavy atom. The molecule has 0 aromatic heterocycles. The summed E-state index contributed by atoms with van der Waals surface area (Å²) < 4.78 is 0. The SMILES string of the molecule is CCC1CNCCN1CC1(CC(C)C)CCCC1. The van der Waals surface area contributed by atoms with Crippen LogP contribution < -0.4 is 5.32 Å². The Hall–Kier alpha value is -0.0800. The van der Waals surface area contributed by atoms with E-state index >= 15 is 0 Å². The van der Waals surface area contributed by atoms with Crippen molar-refractivity contribution in [3.8, 4) is 0 Å². The Balaban J connectivity index is 1.98. The molecule has 2 nitrogen and oxygen atoms in total. The van der Waals surface area contributed by atoms with E-state index in [4.69, 9.17) is 0 Å². The topological polar surface area (TPSA) is 15.3 Å². The van der Waals surface area contributed by atoms with Gasteiger partial charge in [-0.15, -0.1) is 0 Å². The van der Waals surface area contributed by atoms with Gasteiger partial charge in [-0.2, -0.15) is 0 Å². The summed E-state index contributed by atoms with van der Waals surface area (Å²) in [6.45, 7) is 12.2. The highest BCUT2D eigenvalue weighted by Crippen LogP contribution is 2.44. The van der Waals surface area contributed by atoms with Gasteiger partial charge in [-0.3, -0.25) is 4.90 Å². The summed E-state index contributed by atoms with van der Waals surface area (Å²) in [6, 6.07) is 0.781. The second kappa shape index (κ2) is 6.38. The van der Waals surface area contributed by atoms with Gasteiger partial charge < -0.3 is 5.32 Å². The van der Waals surface area contributed by atoms with Crippen molar-refractivity contribution in [3.05, 3.63) is 0 Å². The molecule has 1 atom stereocenters. The zero-order chi connectivity index (χ0) is 13.0. The van der Waals surface area contributed by atoms with Crippen molar-refractivity contribution in [2.45, 2.75) is 65.3 Å². The van der Waals surface area contributed by atoms with Crippen LogP contribution in [0, 0.1) is 11.3 Å². The van der Waals surface area contributed by atoms with Gasteiger partial charge in [-0.1, -0.05) is 33.6 Å². The first-order chi connectivity index (χ1) is 8.65. The third-order valence-corrected chi connectivity index (χ3v) is 4.99. The van der Waals surface area contributed by atoms with Gasteiger partial charge in [0.15, 0.2) is 0 Å². The summed E-state index contributed by atoms with van der Waals surface area (Å²) in [5.74, 6) is 0.853. The second-order valence-corrected chi connectivity index (χ2v) is 7.04. The average Bonchev–Trinajstić information content (AvgIpc) is 2.77. The highest BCUT2D eigenvalue weighted by Gasteiger charge is 2.37. The van der Waals surface area contributed by atoms with Crippen molar-refractivity contribution in [2.24, 2.45) is 11.3 Å². The normalized spacial score (nSPS) is 29.0. The lowest BCUT2D eigenvalue weighted by atomic mass is 9.77. The maximum absolute atomic E-state index is 3.55. The smallest absolute Gasteiger partial charge is 0.0218 e. The molecule has 1 aliphatic heterocycles. The molecule has 2 aliphatic rings. The van der Waals surface area contributed by atoms with Crippen LogP contribution in [0.3, 0.4) is 0 Å². The Labute approximate surface area is 114 Å². The van der Waals surface area contributed by atoms with Gasteiger partial charge in [0.25, 0.3) is 0 Å². The molecule has 0 spiro atoms. The lowest BCUT2D eigenvalue weighted by Crippen LogP contribution is -2.54. The minimum absolute atomic E-state index is 0.652. The summed E-state index contributed by atoms with van der Waals surface area (Å²) in [6.07, 6.45) is 8.63. The summed E-state index contributed by atoms with van der Waals surface area (Å²) in [4.78, 5) is 2.80. The van der Waals surface area contributed by atoms with E-state index in [-0.39, 0.29) is 0 Å². The van der Waals surface area contributed by atoms with Gasteiger partial charge in [0, 0.05) is 32.2 Å². The number of nitrogens with one attached hydrogen (secondary N) is 1. The van der Waals surface area contributed by atoms with Crippen molar-refractivity contribution in [1.29, 1.82) is 0 Å². The molecule has 0 aromatic rings. The number of piperazine rings is 1. The summed E-state index contributed by atoms with van der Waals surface area (Å²) in [7, 11) is 0. The van der Waals surface area contributed by atoms with Crippen molar-refractivity contribution >= 4 is 0 Å². The lowest BCUT2D eigenvalue weighted by Gasteiger charge is -2.42. The molecule has 1 aliphatic carbocycles. The van der Waals surface area contributed by atoms with Crippen molar-refractivity contribution in [1.82, 2.24) is 10.2 Å². The van der Waals surface area contributed by atoms with Crippen LogP contribution in [0.25, 0.3) is 0 Å². The number of hydrogen-bond acceptors (Lipinski definition) is 2. The molecule has 0 bridgehead atoms. The highest BCUT2D eigenvalue weighted by atomic mass is 15.2. The first-order valence-corrected chi connectivity index (χ1v) is 8.10. The molecule has 2 fully saturated rings. The van der Waals surface area contributed by atoms with Crippen LogP contribution in [0.5, 0.6) is 0 Å². The lowest BCUT2D eigenvalue weighted by molar-refractivity contribution is 0.0753. The van der Waals surface area contributed by atoms with Crippen molar-refractivity contribution < 1.29 is 0 Å². The molecule has 0 amide bonds. The van der Waals surface area contributed by atoms with Crippen LogP contribution in [0.4, 0.5) is 0 Å². The first kappa shape index (κ1) is 14.3. The fourth-order valence-electron chi connectivity index (χ4n) is 4.26. The van der Waals surface area contributed by atoms with E-state index in [0.29, 0.717) is 5.41 Å². The Morgan fingerprint density at radius 1 is 1.28 bits per heavy atom. The van der Waals surface area contributed by atoms with Crippen molar-refractivity contribution in [2.75, 3.05) is 26.2 Å². The van der Waals surface area contributed by atoms with E-state index < -0.39 is 0 Å².